The molecule has 1 saturated heterocycles. The Labute approximate surface area is 92.5 Å². The Kier molecular flexibility index (Phi) is 4.10. The third-order valence-corrected chi connectivity index (χ3v) is 2.32. The van der Waals surface area contributed by atoms with E-state index in [-0.39, 0.29) is 0 Å². The second kappa shape index (κ2) is 4.51. The number of β-amino-alcohol motifs (C(OH)–C–C–N with tert-alkyl or cyclic N) is 1. The lowest BCUT2D eigenvalue weighted by Gasteiger charge is -2.28. The van der Waals surface area contributed by atoms with Crippen LogP contribution in [0.4, 0.5) is 0 Å². The molecule has 6 heteroatoms. The van der Waals surface area contributed by atoms with Crippen LogP contribution in [-0.4, -0.2) is 45.8 Å². The summed E-state index contributed by atoms with van der Waals surface area (Å²) in [5.41, 5.74) is 0. The Hall–Kier alpha value is 0.750. The fourth-order valence-corrected chi connectivity index (χ4v) is 1.94. The number of aliphatic hydroxyl groups excluding tert-OH is 1. The highest BCUT2D eigenvalue weighted by atomic mass is 35.6. The van der Waals surface area contributed by atoms with E-state index in [1.54, 1.807) is 6.92 Å². The molecule has 1 aliphatic heterocycles. The van der Waals surface area contributed by atoms with Gasteiger partial charge in [0.1, 0.15) is 0 Å². The molecule has 0 bridgehead atoms. The summed E-state index contributed by atoms with van der Waals surface area (Å²) in [5, 5.41) is 9.17. The van der Waals surface area contributed by atoms with Crippen LogP contribution in [-0.2, 0) is 4.74 Å². The highest BCUT2D eigenvalue weighted by Crippen LogP contribution is 2.36. The highest BCUT2D eigenvalue weighted by molar-refractivity contribution is 6.68. The zero-order chi connectivity index (χ0) is 10.1. The zero-order valence-corrected chi connectivity index (χ0v) is 9.48. The van der Waals surface area contributed by atoms with E-state index >= 15 is 0 Å². The van der Waals surface area contributed by atoms with Crippen LogP contribution in [0.3, 0.4) is 0 Å². The van der Waals surface area contributed by atoms with Crippen LogP contribution >= 0.6 is 34.8 Å². The molecule has 0 radical (unpaired) electrons. The number of hydrogen-bond acceptors (Lipinski definition) is 3. The summed E-state index contributed by atoms with van der Waals surface area (Å²) in [4.78, 5) is 1.82. The third-order valence-electron chi connectivity index (χ3n) is 1.76. The summed E-state index contributed by atoms with van der Waals surface area (Å²) in [6, 6.07) is 0. The number of halogens is 3. The van der Waals surface area contributed by atoms with Gasteiger partial charge in [0, 0.05) is 13.1 Å². The summed E-state index contributed by atoms with van der Waals surface area (Å²) in [6.45, 7) is 3.36. The van der Waals surface area contributed by atoms with Gasteiger partial charge >= 0.3 is 0 Å². The van der Waals surface area contributed by atoms with Crippen molar-refractivity contribution in [2.24, 2.45) is 0 Å². The summed E-state index contributed by atoms with van der Waals surface area (Å²) in [5.74, 6) is 0. The number of nitrogens with zero attached hydrogens (tertiary/aromatic N) is 1. The second-order valence-electron chi connectivity index (χ2n) is 3.11. The molecule has 0 aromatic heterocycles. The molecule has 0 spiro atoms. The Morgan fingerprint density at radius 2 is 2.23 bits per heavy atom. The van der Waals surface area contributed by atoms with Gasteiger partial charge in [-0.2, -0.15) is 0 Å². The van der Waals surface area contributed by atoms with Crippen molar-refractivity contribution in [3.8, 4) is 0 Å². The van der Waals surface area contributed by atoms with Gasteiger partial charge in [-0.05, 0) is 6.92 Å². The standard InChI is InChI=1S/C7H12Cl3NO2/c1-5(12)4-11-2-3-13-6(11)7(8,9)10/h5-6,12H,2-4H2,1H3. The molecular weight excluding hydrogens is 236 g/mol. The first-order valence-electron chi connectivity index (χ1n) is 4.01. The maximum Gasteiger partial charge on any atom is 0.229 e. The fraction of sp³-hybridized carbons (Fsp3) is 1.00. The first-order valence-corrected chi connectivity index (χ1v) is 5.15. The maximum absolute atomic E-state index is 9.17. The number of hydrogen-bond donors (Lipinski definition) is 1. The molecule has 1 fully saturated rings. The molecule has 3 nitrogen and oxygen atoms in total. The van der Waals surface area contributed by atoms with Crippen molar-refractivity contribution in [3.05, 3.63) is 0 Å². The molecule has 13 heavy (non-hydrogen) atoms. The lowest BCUT2D eigenvalue weighted by Crippen LogP contribution is -2.43. The SMILES string of the molecule is CC(O)CN1CCOC1C(Cl)(Cl)Cl. The van der Waals surface area contributed by atoms with Crippen LogP contribution in [0.2, 0.25) is 0 Å². The van der Waals surface area contributed by atoms with Crippen LogP contribution in [0.25, 0.3) is 0 Å². The highest BCUT2D eigenvalue weighted by Gasteiger charge is 2.41. The predicted octanol–water partition coefficient (Wildman–Crippen LogP) is 1.40. The van der Waals surface area contributed by atoms with Crippen LogP contribution < -0.4 is 0 Å². The van der Waals surface area contributed by atoms with Crippen LogP contribution in [0.5, 0.6) is 0 Å². The predicted molar refractivity (Wildman–Crippen MR) is 53.3 cm³/mol. The zero-order valence-electron chi connectivity index (χ0n) is 7.21. The van der Waals surface area contributed by atoms with Gasteiger partial charge in [-0.15, -0.1) is 0 Å². The van der Waals surface area contributed by atoms with Gasteiger partial charge in [-0.1, -0.05) is 34.8 Å². The molecule has 2 atom stereocenters. The molecule has 0 aliphatic carbocycles. The monoisotopic (exact) mass is 247 g/mol. The largest absolute Gasteiger partial charge is 0.392 e. The van der Waals surface area contributed by atoms with E-state index in [2.05, 4.69) is 0 Å². The van der Waals surface area contributed by atoms with E-state index in [0.29, 0.717) is 19.7 Å². The van der Waals surface area contributed by atoms with Gasteiger partial charge in [0.25, 0.3) is 0 Å². The van der Waals surface area contributed by atoms with Gasteiger partial charge in [0.15, 0.2) is 6.23 Å². The lowest BCUT2D eigenvalue weighted by molar-refractivity contribution is 0.0169. The summed E-state index contributed by atoms with van der Waals surface area (Å²) in [6.07, 6.45) is -0.997. The average molecular weight is 249 g/mol. The molecule has 1 rings (SSSR count). The van der Waals surface area contributed by atoms with E-state index in [1.165, 1.54) is 0 Å². The van der Waals surface area contributed by atoms with E-state index in [9.17, 15) is 0 Å². The Morgan fingerprint density at radius 1 is 1.62 bits per heavy atom. The molecule has 1 N–H and O–H groups in total. The fourth-order valence-electron chi connectivity index (χ4n) is 1.33. The summed E-state index contributed by atoms with van der Waals surface area (Å²) >= 11 is 17.1. The number of ether oxygens (including phenoxy) is 1. The van der Waals surface area contributed by atoms with Gasteiger partial charge in [0.2, 0.25) is 3.79 Å². The van der Waals surface area contributed by atoms with Gasteiger partial charge in [0.05, 0.1) is 12.7 Å². The van der Waals surface area contributed by atoms with Crippen LogP contribution in [0.15, 0.2) is 0 Å². The molecule has 0 saturated carbocycles. The van der Waals surface area contributed by atoms with Crippen molar-refractivity contribution in [2.75, 3.05) is 19.7 Å². The topological polar surface area (TPSA) is 32.7 Å². The molecule has 0 amide bonds. The molecule has 78 valence electrons. The molecule has 0 aromatic rings. The Balaban J connectivity index is 2.54. The first-order chi connectivity index (χ1) is 5.91. The Bertz CT molecular complexity index is 172. The molecule has 1 heterocycles. The number of rotatable bonds is 2. The van der Waals surface area contributed by atoms with E-state index in [0.717, 1.165) is 0 Å². The van der Waals surface area contributed by atoms with Crippen molar-refractivity contribution in [1.82, 2.24) is 4.90 Å². The molecule has 0 aromatic carbocycles. The Morgan fingerprint density at radius 3 is 2.69 bits per heavy atom. The molecule has 2 unspecified atom stereocenters. The van der Waals surface area contributed by atoms with Gasteiger partial charge in [-0.25, -0.2) is 0 Å². The quantitative estimate of drug-likeness (QED) is 0.750. The third kappa shape index (κ3) is 3.42. The van der Waals surface area contributed by atoms with Gasteiger partial charge in [-0.3, -0.25) is 4.90 Å². The van der Waals surface area contributed by atoms with Crippen LogP contribution in [0, 0.1) is 0 Å². The summed E-state index contributed by atoms with van der Waals surface area (Å²) < 4.78 is 3.80. The summed E-state index contributed by atoms with van der Waals surface area (Å²) in [7, 11) is 0. The van der Waals surface area contributed by atoms with E-state index in [4.69, 9.17) is 44.6 Å². The van der Waals surface area contributed by atoms with Crippen molar-refractivity contribution >= 4 is 34.8 Å². The number of alkyl halides is 3. The number of aliphatic hydroxyl groups is 1. The minimum atomic E-state index is -1.45. The minimum Gasteiger partial charge on any atom is -0.392 e. The molecule has 1 aliphatic rings. The van der Waals surface area contributed by atoms with E-state index < -0.39 is 16.1 Å². The van der Waals surface area contributed by atoms with Crippen molar-refractivity contribution in [2.45, 2.75) is 23.0 Å². The first kappa shape index (κ1) is 11.8. The van der Waals surface area contributed by atoms with Crippen molar-refractivity contribution < 1.29 is 9.84 Å². The molecular formula is C7H12Cl3NO2. The average Bonchev–Trinajstić information content (AvgIpc) is 2.31. The van der Waals surface area contributed by atoms with Gasteiger partial charge < -0.3 is 9.84 Å². The van der Waals surface area contributed by atoms with E-state index in [1.807, 2.05) is 4.90 Å². The maximum atomic E-state index is 9.17. The van der Waals surface area contributed by atoms with Crippen LogP contribution in [0.1, 0.15) is 6.92 Å². The smallest absolute Gasteiger partial charge is 0.229 e. The lowest BCUT2D eigenvalue weighted by atomic mass is 10.3. The minimum absolute atomic E-state index is 0.448. The van der Waals surface area contributed by atoms with Crippen molar-refractivity contribution in [1.29, 1.82) is 0 Å². The normalized spacial score (nSPS) is 27.9. The van der Waals surface area contributed by atoms with Crippen molar-refractivity contribution in [3.63, 3.8) is 0 Å². The second-order valence-corrected chi connectivity index (χ2v) is 5.48.